The smallest absolute Gasteiger partial charge is 0.0367 e. The normalized spacial score (nSPS) is 17.5. The molecular formula is C13H21N3. The molecular weight excluding hydrogens is 198 g/mol. The van der Waals surface area contributed by atoms with Crippen molar-refractivity contribution in [1.29, 1.82) is 0 Å². The van der Waals surface area contributed by atoms with Crippen LogP contribution in [-0.2, 0) is 0 Å². The number of hydrogen-bond acceptors (Lipinski definition) is 3. The predicted molar refractivity (Wildman–Crippen MR) is 70.3 cm³/mol. The molecule has 1 saturated heterocycles. The van der Waals surface area contributed by atoms with Crippen LogP contribution >= 0.6 is 0 Å². The number of nitrogens with zero attached hydrogens (tertiary/aromatic N) is 1. The van der Waals surface area contributed by atoms with Crippen molar-refractivity contribution in [3.63, 3.8) is 0 Å². The monoisotopic (exact) mass is 219 g/mol. The molecule has 3 heteroatoms. The van der Waals surface area contributed by atoms with Crippen LogP contribution < -0.4 is 15.5 Å². The zero-order chi connectivity index (χ0) is 11.4. The van der Waals surface area contributed by atoms with E-state index in [1.807, 2.05) is 7.05 Å². The van der Waals surface area contributed by atoms with E-state index < -0.39 is 0 Å². The van der Waals surface area contributed by atoms with Crippen molar-refractivity contribution in [3.8, 4) is 0 Å². The summed E-state index contributed by atoms with van der Waals surface area (Å²) < 4.78 is 0. The maximum absolute atomic E-state index is 3.36. The minimum absolute atomic E-state index is 0.702. The Morgan fingerprint density at radius 1 is 1.06 bits per heavy atom. The Labute approximate surface area is 97.8 Å². The van der Waals surface area contributed by atoms with Crippen LogP contribution in [0.2, 0.25) is 0 Å². The van der Waals surface area contributed by atoms with Crippen molar-refractivity contribution in [1.82, 2.24) is 5.32 Å². The van der Waals surface area contributed by atoms with Crippen molar-refractivity contribution in [3.05, 3.63) is 24.3 Å². The first-order valence-corrected chi connectivity index (χ1v) is 6.03. The minimum atomic E-state index is 0.702. The maximum Gasteiger partial charge on any atom is 0.0367 e. The van der Waals surface area contributed by atoms with Gasteiger partial charge in [-0.25, -0.2) is 0 Å². The summed E-state index contributed by atoms with van der Waals surface area (Å²) in [6.07, 6.45) is 2.48. The van der Waals surface area contributed by atoms with Crippen molar-refractivity contribution < 1.29 is 0 Å². The number of rotatable bonds is 3. The average molecular weight is 219 g/mol. The Bertz CT molecular complexity index is 312. The van der Waals surface area contributed by atoms with Crippen molar-refractivity contribution in [2.75, 3.05) is 37.4 Å². The Morgan fingerprint density at radius 3 is 2.19 bits per heavy atom. The van der Waals surface area contributed by atoms with Crippen LogP contribution in [0.3, 0.4) is 0 Å². The Morgan fingerprint density at radius 2 is 1.69 bits per heavy atom. The van der Waals surface area contributed by atoms with Gasteiger partial charge in [0, 0.05) is 37.6 Å². The van der Waals surface area contributed by atoms with E-state index in [9.17, 15) is 0 Å². The van der Waals surface area contributed by atoms with Crippen molar-refractivity contribution in [2.24, 2.45) is 0 Å². The quantitative estimate of drug-likeness (QED) is 0.813. The number of nitrogens with one attached hydrogen (secondary N) is 2. The molecule has 0 saturated carbocycles. The molecule has 1 aliphatic heterocycles. The topological polar surface area (TPSA) is 27.3 Å². The van der Waals surface area contributed by atoms with E-state index >= 15 is 0 Å². The second-order valence-electron chi connectivity index (χ2n) is 4.35. The number of anilines is 2. The van der Waals surface area contributed by atoms with Crippen LogP contribution in [-0.4, -0.2) is 33.2 Å². The molecule has 0 spiro atoms. The van der Waals surface area contributed by atoms with Gasteiger partial charge < -0.3 is 15.5 Å². The molecule has 0 bridgehead atoms. The first-order valence-electron chi connectivity index (χ1n) is 6.03. The molecule has 0 aliphatic carbocycles. The van der Waals surface area contributed by atoms with Gasteiger partial charge in [-0.15, -0.1) is 0 Å². The third kappa shape index (κ3) is 2.47. The Balaban J connectivity index is 1.97. The van der Waals surface area contributed by atoms with Gasteiger partial charge in [-0.2, -0.15) is 0 Å². The van der Waals surface area contributed by atoms with Crippen LogP contribution in [0.4, 0.5) is 11.4 Å². The van der Waals surface area contributed by atoms with Crippen LogP contribution in [0.25, 0.3) is 0 Å². The van der Waals surface area contributed by atoms with Gasteiger partial charge in [0.05, 0.1) is 0 Å². The molecule has 88 valence electrons. The average Bonchev–Trinajstić information content (AvgIpc) is 2.39. The molecule has 1 aliphatic rings. The molecule has 1 fully saturated rings. The van der Waals surface area contributed by atoms with Crippen LogP contribution in [0, 0.1) is 0 Å². The van der Waals surface area contributed by atoms with Crippen LogP contribution in [0.5, 0.6) is 0 Å². The summed E-state index contributed by atoms with van der Waals surface area (Å²) in [7, 11) is 4.01. The van der Waals surface area contributed by atoms with Crippen LogP contribution in [0.1, 0.15) is 12.8 Å². The maximum atomic E-state index is 3.36. The summed E-state index contributed by atoms with van der Waals surface area (Å²) in [4.78, 5) is 2.47. The van der Waals surface area contributed by atoms with E-state index in [0.717, 1.165) is 13.1 Å². The van der Waals surface area contributed by atoms with E-state index in [4.69, 9.17) is 0 Å². The van der Waals surface area contributed by atoms with Gasteiger partial charge in [-0.3, -0.25) is 0 Å². The number of piperidine rings is 1. The fourth-order valence-corrected chi connectivity index (χ4v) is 2.27. The zero-order valence-corrected chi connectivity index (χ0v) is 10.2. The Kier molecular flexibility index (Phi) is 3.67. The van der Waals surface area contributed by atoms with Gasteiger partial charge in [0.25, 0.3) is 0 Å². The fourth-order valence-electron chi connectivity index (χ4n) is 2.27. The molecule has 0 aromatic heterocycles. The largest absolute Gasteiger partial charge is 0.388 e. The summed E-state index contributed by atoms with van der Waals surface area (Å²) in [5.41, 5.74) is 2.52. The Hall–Kier alpha value is -1.22. The summed E-state index contributed by atoms with van der Waals surface area (Å²) in [5.74, 6) is 0. The number of hydrogen-bond donors (Lipinski definition) is 2. The van der Waals surface area contributed by atoms with E-state index in [-0.39, 0.29) is 0 Å². The van der Waals surface area contributed by atoms with Crippen molar-refractivity contribution in [2.45, 2.75) is 18.9 Å². The molecule has 0 atom stereocenters. The fraction of sp³-hybridized carbons (Fsp3) is 0.538. The van der Waals surface area contributed by atoms with E-state index in [1.54, 1.807) is 0 Å². The van der Waals surface area contributed by atoms with Gasteiger partial charge in [0.2, 0.25) is 0 Å². The SMILES string of the molecule is CNc1ccc(N2CCC(NC)CC2)cc1. The third-order valence-corrected chi connectivity index (χ3v) is 3.42. The molecule has 0 unspecified atom stereocenters. The van der Waals surface area contributed by atoms with Gasteiger partial charge in [0.15, 0.2) is 0 Å². The van der Waals surface area contributed by atoms with E-state index in [0.29, 0.717) is 6.04 Å². The highest BCUT2D eigenvalue weighted by molar-refractivity contribution is 5.55. The molecule has 1 aromatic carbocycles. The van der Waals surface area contributed by atoms with Gasteiger partial charge in [-0.1, -0.05) is 0 Å². The summed E-state index contributed by atoms with van der Waals surface area (Å²) >= 11 is 0. The molecule has 0 amide bonds. The highest BCUT2D eigenvalue weighted by Gasteiger charge is 2.17. The lowest BCUT2D eigenvalue weighted by atomic mass is 10.0. The first kappa shape index (κ1) is 11.3. The molecule has 16 heavy (non-hydrogen) atoms. The lowest BCUT2D eigenvalue weighted by molar-refractivity contribution is 0.442. The van der Waals surface area contributed by atoms with E-state index in [2.05, 4.69) is 46.8 Å². The molecule has 1 aromatic rings. The predicted octanol–water partition coefficient (Wildman–Crippen LogP) is 1.92. The van der Waals surface area contributed by atoms with Gasteiger partial charge in [-0.05, 0) is 44.2 Å². The highest BCUT2D eigenvalue weighted by atomic mass is 15.1. The lowest BCUT2D eigenvalue weighted by Gasteiger charge is -2.33. The lowest BCUT2D eigenvalue weighted by Crippen LogP contribution is -2.41. The van der Waals surface area contributed by atoms with Crippen LogP contribution in [0.15, 0.2) is 24.3 Å². The molecule has 2 rings (SSSR count). The molecule has 0 radical (unpaired) electrons. The minimum Gasteiger partial charge on any atom is -0.388 e. The molecule has 2 N–H and O–H groups in total. The summed E-state index contributed by atoms with van der Waals surface area (Å²) in [5, 5.41) is 6.50. The molecule has 3 nitrogen and oxygen atoms in total. The number of benzene rings is 1. The van der Waals surface area contributed by atoms with Crippen molar-refractivity contribution >= 4 is 11.4 Å². The van der Waals surface area contributed by atoms with Gasteiger partial charge in [0.1, 0.15) is 0 Å². The second-order valence-corrected chi connectivity index (χ2v) is 4.35. The molecule has 1 heterocycles. The summed E-state index contributed by atoms with van der Waals surface area (Å²) in [6.45, 7) is 2.31. The standard InChI is InChI=1S/C13H21N3/c1-14-11-3-5-13(6-4-11)16-9-7-12(15-2)8-10-16/h3-6,12,14-15H,7-10H2,1-2H3. The second kappa shape index (κ2) is 5.21. The van der Waals surface area contributed by atoms with Gasteiger partial charge >= 0.3 is 0 Å². The van der Waals surface area contributed by atoms with E-state index in [1.165, 1.54) is 24.2 Å². The highest BCUT2D eigenvalue weighted by Crippen LogP contribution is 2.21. The third-order valence-electron chi connectivity index (χ3n) is 3.42. The summed E-state index contributed by atoms with van der Waals surface area (Å²) in [6, 6.07) is 9.38. The first-order chi connectivity index (χ1) is 7.83. The zero-order valence-electron chi connectivity index (χ0n) is 10.2.